The summed E-state index contributed by atoms with van der Waals surface area (Å²) in [5.41, 5.74) is 1.08. The van der Waals surface area contributed by atoms with Crippen LogP contribution in [0.5, 0.6) is 0 Å². The largest absolute Gasteiger partial charge is 0.334 e. The number of rotatable bonds is 4. The molecule has 1 aromatic carbocycles. The monoisotopic (exact) mass is 390 g/mol. The number of carbonyl (C=O) groups is 1. The van der Waals surface area contributed by atoms with Crippen molar-refractivity contribution >= 4 is 27.3 Å². The third-order valence-corrected chi connectivity index (χ3v) is 8.55. The molecule has 2 fully saturated rings. The summed E-state index contributed by atoms with van der Waals surface area (Å²) in [5, 5.41) is 1.78. The van der Waals surface area contributed by atoms with Crippen molar-refractivity contribution < 1.29 is 13.2 Å². The van der Waals surface area contributed by atoms with E-state index in [4.69, 9.17) is 0 Å². The number of carbonyl (C=O) groups excluding carboxylic acids is 1. The molecule has 0 radical (unpaired) electrons. The van der Waals surface area contributed by atoms with Gasteiger partial charge in [-0.05, 0) is 35.8 Å². The summed E-state index contributed by atoms with van der Waals surface area (Å²) in [5.74, 6) is 0.344. The van der Waals surface area contributed by atoms with Crippen LogP contribution in [0.15, 0.2) is 52.1 Å². The van der Waals surface area contributed by atoms with Crippen LogP contribution < -0.4 is 0 Å². The Morgan fingerprint density at radius 3 is 2.62 bits per heavy atom. The lowest BCUT2D eigenvalue weighted by Gasteiger charge is -2.30. The van der Waals surface area contributed by atoms with Crippen LogP contribution in [0.1, 0.15) is 24.8 Å². The Balaban J connectivity index is 1.59. The number of fused-ring (bicyclic) bond motifs is 1. The summed E-state index contributed by atoms with van der Waals surface area (Å²) >= 11 is 1.25. The molecule has 2 saturated heterocycles. The van der Waals surface area contributed by atoms with E-state index in [1.807, 2.05) is 35.2 Å². The van der Waals surface area contributed by atoms with Crippen molar-refractivity contribution in [3.05, 3.63) is 53.4 Å². The third-order valence-electron chi connectivity index (χ3n) is 5.34. The Hall–Kier alpha value is -1.70. The highest BCUT2D eigenvalue weighted by Crippen LogP contribution is 2.35. The van der Waals surface area contributed by atoms with Gasteiger partial charge in [-0.3, -0.25) is 4.79 Å². The minimum Gasteiger partial charge on any atom is -0.334 e. The number of hydrogen-bond acceptors (Lipinski definition) is 4. The van der Waals surface area contributed by atoms with Gasteiger partial charge in [-0.1, -0.05) is 36.4 Å². The molecule has 26 heavy (non-hydrogen) atoms. The van der Waals surface area contributed by atoms with Crippen LogP contribution in [0.25, 0.3) is 0 Å². The molecule has 2 aliphatic heterocycles. The van der Waals surface area contributed by atoms with Crippen molar-refractivity contribution in [3.8, 4) is 0 Å². The van der Waals surface area contributed by atoms with Crippen LogP contribution in [0.4, 0.5) is 0 Å². The minimum atomic E-state index is -3.47. The van der Waals surface area contributed by atoms with Crippen LogP contribution in [-0.4, -0.2) is 42.7 Å². The van der Waals surface area contributed by atoms with Gasteiger partial charge in [0, 0.05) is 32.1 Å². The van der Waals surface area contributed by atoms with Crippen molar-refractivity contribution in [1.82, 2.24) is 9.21 Å². The predicted molar refractivity (Wildman–Crippen MR) is 101 cm³/mol. The number of sulfonamides is 1. The first kappa shape index (κ1) is 17.7. The molecular weight excluding hydrogens is 368 g/mol. The zero-order chi connectivity index (χ0) is 18.1. The first-order valence-electron chi connectivity index (χ1n) is 8.93. The van der Waals surface area contributed by atoms with E-state index in [2.05, 4.69) is 0 Å². The van der Waals surface area contributed by atoms with Gasteiger partial charge >= 0.3 is 0 Å². The molecule has 0 unspecified atom stereocenters. The highest BCUT2D eigenvalue weighted by Gasteiger charge is 2.44. The molecule has 0 aliphatic carbocycles. The Bertz CT molecular complexity index is 865. The van der Waals surface area contributed by atoms with Crippen molar-refractivity contribution in [2.24, 2.45) is 5.92 Å². The molecule has 2 aromatic rings. The second-order valence-corrected chi connectivity index (χ2v) is 10.1. The maximum atomic E-state index is 12.9. The fourth-order valence-corrected chi connectivity index (χ4v) is 6.67. The molecule has 2 aliphatic rings. The van der Waals surface area contributed by atoms with Crippen LogP contribution in [0.3, 0.4) is 0 Å². The van der Waals surface area contributed by atoms with Crippen LogP contribution in [0.2, 0.25) is 0 Å². The molecule has 3 heterocycles. The highest BCUT2D eigenvalue weighted by molar-refractivity contribution is 7.91. The molecule has 0 bridgehead atoms. The summed E-state index contributed by atoms with van der Waals surface area (Å²) in [6.45, 7) is 1.45. The molecule has 0 saturated carbocycles. The average molecular weight is 391 g/mol. The quantitative estimate of drug-likeness (QED) is 0.806. The molecule has 5 nitrogen and oxygen atoms in total. The van der Waals surface area contributed by atoms with E-state index in [0.717, 1.165) is 18.4 Å². The summed E-state index contributed by atoms with van der Waals surface area (Å²) in [7, 11) is -3.47. The standard InChI is InChI=1S/C19H22N2O3S2/c22-18-9-4-8-16-13-20(26(23,24)19-10-5-11-25-19)14-17(16)21(18)12-15-6-2-1-3-7-15/h1-3,5-7,10-11,16-17H,4,8-9,12-14H2/t16-,17+/m1/s1. The Morgan fingerprint density at radius 2 is 1.88 bits per heavy atom. The lowest BCUT2D eigenvalue weighted by molar-refractivity contribution is -0.133. The van der Waals surface area contributed by atoms with E-state index >= 15 is 0 Å². The van der Waals surface area contributed by atoms with Gasteiger partial charge in [0.25, 0.3) is 10.0 Å². The minimum absolute atomic E-state index is 0.0417. The molecule has 2 atom stereocenters. The average Bonchev–Trinajstić information content (AvgIpc) is 3.29. The van der Waals surface area contributed by atoms with E-state index in [0.29, 0.717) is 30.3 Å². The van der Waals surface area contributed by atoms with Crippen molar-refractivity contribution in [2.45, 2.75) is 36.1 Å². The van der Waals surface area contributed by atoms with E-state index in [9.17, 15) is 13.2 Å². The smallest absolute Gasteiger partial charge is 0.252 e. The number of nitrogens with zero attached hydrogens (tertiary/aromatic N) is 2. The van der Waals surface area contributed by atoms with Gasteiger partial charge in [0.05, 0.1) is 0 Å². The normalized spacial score (nSPS) is 24.5. The fourth-order valence-electron chi connectivity index (χ4n) is 4.02. The summed E-state index contributed by atoms with van der Waals surface area (Å²) in [4.78, 5) is 14.6. The second kappa shape index (κ2) is 7.13. The SMILES string of the molecule is O=C1CCC[C@@H]2CN(S(=O)(=O)c3cccs3)C[C@@H]2N1Cc1ccccc1. The Kier molecular flexibility index (Phi) is 4.86. The molecular formula is C19H22N2O3S2. The lowest BCUT2D eigenvalue weighted by atomic mass is 9.98. The first-order chi connectivity index (χ1) is 12.6. The molecule has 4 rings (SSSR count). The molecule has 0 spiro atoms. The van der Waals surface area contributed by atoms with Crippen molar-refractivity contribution in [3.63, 3.8) is 0 Å². The maximum Gasteiger partial charge on any atom is 0.252 e. The molecule has 7 heteroatoms. The van der Waals surface area contributed by atoms with Crippen molar-refractivity contribution in [1.29, 1.82) is 0 Å². The predicted octanol–water partition coefficient (Wildman–Crippen LogP) is 2.95. The maximum absolute atomic E-state index is 12.9. The molecule has 1 aromatic heterocycles. The van der Waals surface area contributed by atoms with Gasteiger partial charge in [-0.25, -0.2) is 8.42 Å². The van der Waals surface area contributed by atoms with E-state index < -0.39 is 10.0 Å². The zero-order valence-corrected chi connectivity index (χ0v) is 16.1. The molecule has 0 N–H and O–H groups in total. The zero-order valence-electron chi connectivity index (χ0n) is 14.5. The van der Waals surface area contributed by atoms with E-state index in [-0.39, 0.29) is 17.9 Å². The Morgan fingerprint density at radius 1 is 1.08 bits per heavy atom. The fraction of sp³-hybridized carbons (Fsp3) is 0.421. The van der Waals surface area contributed by atoms with Gasteiger partial charge in [0.2, 0.25) is 5.91 Å². The number of benzene rings is 1. The second-order valence-electron chi connectivity index (χ2n) is 6.98. The van der Waals surface area contributed by atoms with Gasteiger partial charge in [0.15, 0.2) is 0 Å². The van der Waals surface area contributed by atoms with Gasteiger partial charge in [0.1, 0.15) is 4.21 Å². The van der Waals surface area contributed by atoms with Crippen LogP contribution in [0, 0.1) is 5.92 Å². The van der Waals surface area contributed by atoms with Gasteiger partial charge < -0.3 is 4.90 Å². The number of hydrogen-bond donors (Lipinski definition) is 0. The number of likely N-dealkylation sites (tertiary alicyclic amines) is 1. The Labute approximate surface area is 158 Å². The first-order valence-corrected chi connectivity index (χ1v) is 11.2. The van der Waals surface area contributed by atoms with Crippen LogP contribution >= 0.6 is 11.3 Å². The third kappa shape index (κ3) is 3.31. The van der Waals surface area contributed by atoms with E-state index in [1.54, 1.807) is 21.8 Å². The summed E-state index contributed by atoms with van der Waals surface area (Å²) in [6, 6.07) is 13.3. The topological polar surface area (TPSA) is 57.7 Å². The summed E-state index contributed by atoms with van der Waals surface area (Å²) < 4.78 is 27.8. The van der Waals surface area contributed by atoms with Gasteiger partial charge in [-0.2, -0.15) is 4.31 Å². The summed E-state index contributed by atoms with van der Waals surface area (Å²) in [6.07, 6.45) is 2.29. The molecule has 1 amide bonds. The lowest BCUT2D eigenvalue weighted by Crippen LogP contribution is -2.43. The van der Waals surface area contributed by atoms with Crippen molar-refractivity contribution in [2.75, 3.05) is 13.1 Å². The number of thiophene rings is 1. The number of amides is 1. The van der Waals surface area contributed by atoms with Crippen LogP contribution in [-0.2, 0) is 21.4 Å². The van der Waals surface area contributed by atoms with Gasteiger partial charge in [-0.15, -0.1) is 11.3 Å². The highest BCUT2D eigenvalue weighted by atomic mass is 32.2. The van der Waals surface area contributed by atoms with E-state index in [1.165, 1.54) is 11.3 Å². The molecule has 138 valence electrons.